The van der Waals surface area contributed by atoms with Crippen molar-refractivity contribution in [2.24, 2.45) is 0 Å². The highest BCUT2D eigenvalue weighted by molar-refractivity contribution is 9.10. The second-order valence-electron chi connectivity index (χ2n) is 2.62. The van der Waals surface area contributed by atoms with Crippen LogP contribution in [0.2, 0.25) is 0 Å². The van der Waals surface area contributed by atoms with E-state index in [0.29, 0.717) is 0 Å². The minimum atomic E-state index is -0.468. The lowest BCUT2D eigenvalue weighted by molar-refractivity contribution is 0.435. The molecule has 0 aliphatic carbocycles. The van der Waals surface area contributed by atoms with Crippen molar-refractivity contribution < 1.29 is 9.13 Å². The number of rotatable bonds is 2. The molecule has 2 rings (SSSR count). The summed E-state index contributed by atoms with van der Waals surface area (Å²) in [7, 11) is 0. The van der Waals surface area contributed by atoms with Crippen LogP contribution in [0, 0.1) is 5.82 Å². The van der Waals surface area contributed by atoms with Crippen LogP contribution < -0.4 is 4.74 Å². The first kappa shape index (κ1) is 9.97. The van der Waals surface area contributed by atoms with Crippen molar-refractivity contribution in [2.75, 3.05) is 0 Å². The van der Waals surface area contributed by atoms with E-state index >= 15 is 0 Å². The smallest absolute Gasteiger partial charge is 0.321 e. The minimum absolute atomic E-state index is 0.144. The maximum Gasteiger partial charge on any atom is 0.321 e. The maximum absolute atomic E-state index is 12.7. The Labute approximate surface area is 93.3 Å². The van der Waals surface area contributed by atoms with Crippen molar-refractivity contribution in [3.63, 3.8) is 0 Å². The average molecular weight is 270 g/mol. The van der Waals surface area contributed by atoms with E-state index in [9.17, 15) is 4.39 Å². The van der Waals surface area contributed by atoms with Gasteiger partial charge in [0.1, 0.15) is 5.82 Å². The van der Waals surface area contributed by atoms with Crippen molar-refractivity contribution >= 4 is 15.9 Å². The molecule has 0 atom stereocenters. The Balaban J connectivity index is 2.18. The molecule has 0 aliphatic heterocycles. The number of hydrogen-bond acceptors (Lipinski definition) is 4. The highest BCUT2D eigenvalue weighted by atomic mass is 79.9. The Bertz CT molecular complexity index is 463. The Hall–Kier alpha value is -1.56. The third-order valence-electron chi connectivity index (χ3n) is 1.49. The Kier molecular flexibility index (Phi) is 2.86. The lowest BCUT2D eigenvalue weighted by atomic mass is 10.4. The van der Waals surface area contributed by atoms with Gasteiger partial charge >= 0.3 is 6.01 Å². The van der Waals surface area contributed by atoms with Crippen LogP contribution >= 0.6 is 15.9 Å². The first-order chi connectivity index (χ1) is 7.24. The van der Waals surface area contributed by atoms with Crippen LogP contribution in [0.5, 0.6) is 11.8 Å². The summed E-state index contributed by atoms with van der Waals surface area (Å²) >= 11 is 3.19. The lowest BCUT2D eigenvalue weighted by Gasteiger charge is -2.02. The van der Waals surface area contributed by atoms with Crippen LogP contribution in [-0.4, -0.2) is 15.0 Å². The van der Waals surface area contributed by atoms with E-state index < -0.39 is 5.82 Å². The zero-order valence-corrected chi connectivity index (χ0v) is 8.98. The second kappa shape index (κ2) is 4.31. The molecule has 0 saturated heterocycles. The van der Waals surface area contributed by atoms with E-state index in [1.54, 1.807) is 0 Å². The third-order valence-corrected chi connectivity index (χ3v) is 1.90. The quantitative estimate of drug-likeness (QED) is 0.841. The Morgan fingerprint density at radius 2 is 1.87 bits per heavy atom. The second-order valence-corrected chi connectivity index (χ2v) is 3.54. The molecule has 0 aliphatic rings. The summed E-state index contributed by atoms with van der Waals surface area (Å²) in [4.78, 5) is 11.4. The fraction of sp³-hybridized carbons (Fsp3) is 0. The van der Waals surface area contributed by atoms with Crippen molar-refractivity contribution in [1.29, 1.82) is 0 Å². The SMILES string of the molecule is Fc1cncc(Oc2ncc(Br)cn2)c1. The van der Waals surface area contributed by atoms with Gasteiger partial charge in [0.25, 0.3) is 0 Å². The summed E-state index contributed by atoms with van der Waals surface area (Å²) in [6.45, 7) is 0. The first-order valence-electron chi connectivity index (χ1n) is 4.00. The number of hydrogen-bond donors (Lipinski definition) is 0. The summed E-state index contributed by atoms with van der Waals surface area (Å²) in [5.74, 6) is -0.207. The maximum atomic E-state index is 12.7. The van der Waals surface area contributed by atoms with Gasteiger partial charge in [-0.1, -0.05) is 0 Å². The molecule has 6 heteroatoms. The van der Waals surface area contributed by atoms with Crippen LogP contribution in [-0.2, 0) is 0 Å². The summed E-state index contributed by atoms with van der Waals surface area (Å²) in [5, 5.41) is 0. The molecule has 2 aromatic heterocycles. The van der Waals surface area contributed by atoms with E-state index in [2.05, 4.69) is 30.9 Å². The first-order valence-corrected chi connectivity index (χ1v) is 4.79. The molecule has 0 N–H and O–H groups in total. The lowest BCUT2D eigenvalue weighted by Crippen LogP contribution is -1.92. The summed E-state index contributed by atoms with van der Waals surface area (Å²) in [6, 6.07) is 1.35. The van der Waals surface area contributed by atoms with Gasteiger partial charge in [0.15, 0.2) is 5.75 Å². The standard InChI is InChI=1S/C9H5BrFN3O/c10-6-2-13-9(14-3-6)15-8-1-7(11)4-12-5-8/h1-5H. The van der Waals surface area contributed by atoms with Gasteiger partial charge in [0.2, 0.25) is 0 Å². The molecule has 0 radical (unpaired) electrons. The molecule has 4 nitrogen and oxygen atoms in total. The van der Waals surface area contributed by atoms with E-state index in [0.717, 1.165) is 10.7 Å². The molecule has 0 bridgehead atoms. The Morgan fingerprint density at radius 3 is 2.53 bits per heavy atom. The van der Waals surface area contributed by atoms with Crippen LogP contribution in [0.3, 0.4) is 0 Å². The molecule has 0 saturated carbocycles. The average Bonchev–Trinajstić information content (AvgIpc) is 2.22. The molecule has 76 valence electrons. The van der Waals surface area contributed by atoms with Crippen molar-refractivity contribution in [2.45, 2.75) is 0 Å². The zero-order valence-electron chi connectivity index (χ0n) is 7.39. The molecule has 0 spiro atoms. The largest absolute Gasteiger partial charge is 0.423 e. The van der Waals surface area contributed by atoms with Crippen LogP contribution in [0.1, 0.15) is 0 Å². The third kappa shape index (κ3) is 2.69. The van der Waals surface area contributed by atoms with Gasteiger partial charge in [-0.05, 0) is 15.9 Å². The number of pyridine rings is 1. The normalized spacial score (nSPS) is 10.0. The molecule has 2 heterocycles. The molecular formula is C9H5BrFN3O. The molecule has 0 aromatic carbocycles. The monoisotopic (exact) mass is 269 g/mol. The topological polar surface area (TPSA) is 47.9 Å². The minimum Gasteiger partial charge on any atom is -0.423 e. The van der Waals surface area contributed by atoms with Crippen molar-refractivity contribution in [3.05, 3.63) is 41.1 Å². The van der Waals surface area contributed by atoms with E-state index in [1.807, 2.05) is 0 Å². The van der Waals surface area contributed by atoms with E-state index in [-0.39, 0.29) is 11.8 Å². The fourth-order valence-electron chi connectivity index (χ4n) is 0.907. The highest BCUT2D eigenvalue weighted by Crippen LogP contribution is 2.17. The number of nitrogens with zero attached hydrogens (tertiary/aromatic N) is 3. The van der Waals surface area contributed by atoms with Gasteiger partial charge in [-0.15, -0.1) is 0 Å². The van der Waals surface area contributed by atoms with Crippen LogP contribution in [0.25, 0.3) is 0 Å². The fourth-order valence-corrected chi connectivity index (χ4v) is 1.11. The van der Waals surface area contributed by atoms with Crippen LogP contribution in [0.15, 0.2) is 35.3 Å². The molecule has 2 aromatic rings. The van der Waals surface area contributed by atoms with Gasteiger partial charge < -0.3 is 4.74 Å². The van der Waals surface area contributed by atoms with Crippen molar-refractivity contribution in [1.82, 2.24) is 15.0 Å². The van der Waals surface area contributed by atoms with E-state index in [4.69, 9.17) is 4.74 Å². The number of aromatic nitrogens is 3. The van der Waals surface area contributed by atoms with Gasteiger partial charge in [-0.25, -0.2) is 14.4 Å². The predicted molar refractivity (Wildman–Crippen MR) is 54.0 cm³/mol. The molecular weight excluding hydrogens is 265 g/mol. The summed E-state index contributed by atoms with van der Waals surface area (Å²) < 4.78 is 18.7. The van der Waals surface area contributed by atoms with E-state index in [1.165, 1.54) is 24.7 Å². The predicted octanol–water partition coefficient (Wildman–Crippen LogP) is 2.57. The number of ether oxygens (including phenoxy) is 1. The van der Waals surface area contributed by atoms with Gasteiger partial charge in [0.05, 0.1) is 16.9 Å². The molecule has 0 fully saturated rings. The highest BCUT2D eigenvalue weighted by Gasteiger charge is 2.01. The van der Waals surface area contributed by atoms with Gasteiger partial charge in [0, 0.05) is 18.5 Å². The Morgan fingerprint density at radius 1 is 1.13 bits per heavy atom. The van der Waals surface area contributed by atoms with Gasteiger partial charge in [-0.3, -0.25) is 4.98 Å². The van der Waals surface area contributed by atoms with Crippen LogP contribution in [0.4, 0.5) is 4.39 Å². The molecule has 15 heavy (non-hydrogen) atoms. The zero-order chi connectivity index (χ0) is 10.7. The summed E-state index contributed by atoms with van der Waals surface area (Å²) in [6.07, 6.45) is 5.55. The van der Waals surface area contributed by atoms with Gasteiger partial charge in [-0.2, -0.15) is 0 Å². The molecule has 0 amide bonds. The summed E-state index contributed by atoms with van der Waals surface area (Å²) in [5.41, 5.74) is 0. The molecule has 0 unspecified atom stereocenters. The van der Waals surface area contributed by atoms with Crippen molar-refractivity contribution in [3.8, 4) is 11.8 Å². The number of halogens is 2.